The van der Waals surface area contributed by atoms with Crippen LogP contribution in [0.15, 0.2) is 72.8 Å². The fourth-order valence-electron chi connectivity index (χ4n) is 3.87. The van der Waals surface area contributed by atoms with E-state index in [1.807, 2.05) is 60.7 Å². The fraction of sp³-hybridized carbons (Fsp3) is 0.0833. The van der Waals surface area contributed by atoms with Gasteiger partial charge in [-0.2, -0.15) is 0 Å². The number of hydrogen-bond acceptors (Lipinski definition) is 3. The average molecular weight is 367 g/mol. The Bertz CT molecular complexity index is 1260. The van der Waals surface area contributed by atoms with Crippen LogP contribution < -0.4 is 9.64 Å². The fourth-order valence-corrected chi connectivity index (χ4v) is 3.87. The molecular weight excluding hydrogens is 350 g/mol. The molecule has 4 aromatic carbocycles. The number of nitrogens with zero attached hydrogens (tertiary/aromatic N) is 1. The number of Topliss-reactive ketones (excluding diaryl/α,β-unsaturated/α-hetero) is 1. The standard InChI is InChI=1S/C24H17NO3/c1-25-19-13-16-9-5-6-10-17(16)22-20(28-14-15-7-3-2-4-8-15)12-11-18(21(19)22)23(26)24(25)27/h2-13H,14H2,1H3. The molecule has 136 valence electrons. The first-order valence-corrected chi connectivity index (χ1v) is 9.13. The van der Waals surface area contributed by atoms with E-state index in [1.165, 1.54) is 4.90 Å². The van der Waals surface area contributed by atoms with Crippen molar-refractivity contribution < 1.29 is 14.3 Å². The number of benzene rings is 4. The summed E-state index contributed by atoms with van der Waals surface area (Å²) in [7, 11) is 1.64. The van der Waals surface area contributed by atoms with Gasteiger partial charge in [0, 0.05) is 23.4 Å². The van der Waals surface area contributed by atoms with Gasteiger partial charge >= 0.3 is 0 Å². The summed E-state index contributed by atoms with van der Waals surface area (Å²) in [6.07, 6.45) is 0. The predicted octanol–water partition coefficient (Wildman–Crippen LogP) is 4.73. The van der Waals surface area contributed by atoms with Crippen molar-refractivity contribution in [2.75, 3.05) is 11.9 Å². The van der Waals surface area contributed by atoms with Crippen molar-refractivity contribution in [3.8, 4) is 5.75 Å². The molecular formula is C24H17NO3. The number of ether oxygens (including phenoxy) is 1. The Kier molecular flexibility index (Phi) is 3.66. The van der Waals surface area contributed by atoms with Gasteiger partial charge < -0.3 is 9.64 Å². The summed E-state index contributed by atoms with van der Waals surface area (Å²) in [5.41, 5.74) is 2.24. The molecule has 0 unspecified atom stereocenters. The molecule has 0 bridgehead atoms. The van der Waals surface area contributed by atoms with Crippen molar-refractivity contribution in [1.82, 2.24) is 0 Å². The molecule has 4 aromatic rings. The maximum Gasteiger partial charge on any atom is 0.299 e. The minimum Gasteiger partial charge on any atom is -0.488 e. The lowest BCUT2D eigenvalue weighted by Gasteiger charge is -2.26. The molecule has 4 nitrogen and oxygen atoms in total. The third-order valence-corrected chi connectivity index (χ3v) is 5.29. The van der Waals surface area contributed by atoms with Gasteiger partial charge in [0.25, 0.3) is 11.7 Å². The van der Waals surface area contributed by atoms with E-state index >= 15 is 0 Å². The summed E-state index contributed by atoms with van der Waals surface area (Å²) in [5, 5.41) is 3.65. The van der Waals surface area contributed by atoms with Crippen molar-refractivity contribution in [2.45, 2.75) is 6.61 Å². The molecule has 0 radical (unpaired) electrons. The first-order chi connectivity index (χ1) is 13.6. The molecule has 0 aliphatic carbocycles. The van der Waals surface area contributed by atoms with Gasteiger partial charge in [-0.1, -0.05) is 54.6 Å². The summed E-state index contributed by atoms with van der Waals surface area (Å²) in [6, 6.07) is 23.4. The number of anilines is 1. The van der Waals surface area contributed by atoms with E-state index in [1.54, 1.807) is 19.2 Å². The molecule has 28 heavy (non-hydrogen) atoms. The molecule has 0 saturated carbocycles. The van der Waals surface area contributed by atoms with E-state index < -0.39 is 11.7 Å². The first kappa shape index (κ1) is 16.5. The minimum absolute atomic E-state index is 0.427. The van der Waals surface area contributed by atoms with E-state index in [9.17, 15) is 9.59 Å². The second-order valence-electron chi connectivity index (χ2n) is 6.95. The molecule has 1 aliphatic rings. The van der Waals surface area contributed by atoms with Gasteiger partial charge in [-0.05, 0) is 34.5 Å². The molecule has 0 atom stereocenters. The zero-order valence-electron chi connectivity index (χ0n) is 15.3. The highest BCUT2D eigenvalue weighted by atomic mass is 16.5. The van der Waals surface area contributed by atoms with Gasteiger partial charge in [0.05, 0.1) is 5.69 Å². The van der Waals surface area contributed by atoms with Crippen LogP contribution in [0, 0.1) is 0 Å². The Hall–Kier alpha value is -3.66. The summed E-state index contributed by atoms with van der Waals surface area (Å²) < 4.78 is 6.17. The topological polar surface area (TPSA) is 46.6 Å². The Morgan fingerprint density at radius 1 is 0.857 bits per heavy atom. The Morgan fingerprint density at radius 3 is 2.43 bits per heavy atom. The van der Waals surface area contributed by atoms with E-state index in [0.29, 0.717) is 17.9 Å². The van der Waals surface area contributed by atoms with E-state index in [2.05, 4.69) is 0 Å². The van der Waals surface area contributed by atoms with Crippen LogP contribution in [-0.2, 0) is 11.4 Å². The van der Waals surface area contributed by atoms with Crippen molar-refractivity contribution in [3.63, 3.8) is 0 Å². The molecule has 0 saturated heterocycles. The highest BCUT2D eigenvalue weighted by molar-refractivity contribution is 6.52. The SMILES string of the molecule is CN1C(=O)C(=O)c2ccc(OCc3ccccc3)c3c2c1cc1ccccc13. The highest BCUT2D eigenvalue weighted by Gasteiger charge is 2.32. The third-order valence-electron chi connectivity index (χ3n) is 5.29. The second-order valence-corrected chi connectivity index (χ2v) is 6.95. The number of rotatable bonds is 3. The van der Waals surface area contributed by atoms with Crippen LogP contribution in [0.1, 0.15) is 15.9 Å². The van der Waals surface area contributed by atoms with Crippen LogP contribution >= 0.6 is 0 Å². The van der Waals surface area contributed by atoms with Crippen LogP contribution in [-0.4, -0.2) is 18.7 Å². The molecule has 0 fully saturated rings. The number of carbonyl (C=O) groups excluding carboxylic acids is 2. The van der Waals surface area contributed by atoms with Gasteiger partial charge in [0.15, 0.2) is 0 Å². The molecule has 1 amide bonds. The molecule has 4 heteroatoms. The van der Waals surface area contributed by atoms with Gasteiger partial charge in [-0.15, -0.1) is 0 Å². The summed E-state index contributed by atoms with van der Waals surface area (Å²) in [5.74, 6) is -0.289. The number of likely N-dealkylation sites (N-methyl/N-ethyl adjacent to an activating group) is 1. The maximum absolute atomic E-state index is 12.6. The van der Waals surface area contributed by atoms with Crippen LogP contribution in [0.25, 0.3) is 21.5 Å². The monoisotopic (exact) mass is 367 g/mol. The van der Waals surface area contributed by atoms with E-state index in [0.717, 1.165) is 32.8 Å². The summed E-state index contributed by atoms with van der Waals surface area (Å²) >= 11 is 0. The van der Waals surface area contributed by atoms with Crippen LogP contribution in [0.3, 0.4) is 0 Å². The van der Waals surface area contributed by atoms with Crippen molar-refractivity contribution in [1.29, 1.82) is 0 Å². The Balaban J connectivity index is 1.78. The number of fused-ring (bicyclic) bond motifs is 2. The van der Waals surface area contributed by atoms with Crippen molar-refractivity contribution >= 4 is 38.9 Å². The zero-order valence-corrected chi connectivity index (χ0v) is 15.3. The largest absolute Gasteiger partial charge is 0.488 e. The molecule has 5 rings (SSSR count). The predicted molar refractivity (Wildman–Crippen MR) is 110 cm³/mol. The van der Waals surface area contributed by atoms with Gasteiger partial charge in [0.2, 0.25) is 0 Å². The highest BCUT2D eigenvalue weighted by Crippen LogP contribution is 2.43. The van der Waals surface area contributed by atoms with Crippen molar-refractivity contribution in [3.05, 3.63) is 83.9 Å². The average Bonchev–Trinajstić information content (AvgIpc) is 2.75. The van der Waals surface area contributed by atoms with E-state index in [4.69, 9.17) is 4.74 Å². The third kappa shape index (κ3) is 2.38. The van der Waals surface area contributed by atoms with Gasteiger partial charge in [-0.3, -0.25) is 9.59 Å². The number of carbonyl (C=O) groups is 2. The van der Waals surface area contributed by atoms with Crippen molar-refractivity contribution in [2.24, 2.45) is 0 Å². The van der Waals surface area contributed by atoms with Crippen LogP contribution in [0.2, 0.25) is 0 Å². The number of ketones is 1. The quantitative estimate of drug-likeness (QED) is 0.388. The lowest BCUT2D eigenvalue weighted by molar-refractivity contribution is -0.114. The lowest BCUT2D eigenvalue weighted by Crippen LogP contribution is -2.36. The molecule has 0 spiro atoms. The minimum atomic E-state index is -0.512. The summed E-state index contributed by atoms with van der Waals surface area (Å²) in [6.45, 7) is 0.427. The second kappa shape index (κ2) is 6.20. The normalized spacial score (nSPS) is 13.4. The summed E-state index contributed by atoms with van der Waals surface area (Å²) in [4.78, 5) is 26.4. The Labute approximate surface area is 162 Å². The molecule has 0 aromatic heterocycles. The number of hydrogen-bond donors (Lipinski definition) is 0. The Morgan fingerprint density at radius 2 is 1.61 bits per heavy atom. The number of amides is 1. The lowest BCUT2D eigenvalue weighted by atomic mass is 9.91. The molecule has 0 N–H and O–H groups in total. The molecule has 1 heterocycles. The zero-order chi connectivity index (χ0) is 19.3. The van der Waals surface area contributed by atoms with Crippen LogP contribution in [0.4, 0.5) is 5.69 Å². The van der Waals surface area contributed by atoms with Gasteiger partial charge in [0.1, 0.15) is 12.4 Å². The first-order valence-electron chi connectivity index (χ1n) is 9.13. The smallest absolute Gasteiger partial charge is 0.299 e. The maximum atomic E-state index is 12.6. The van der Waals surface area contributed by atoms with E-state index in [-0.39, 0.29) is 0 Å². The molecule has 1 aliphatic heterocycles. The van der Waals surface area contributed by atoms with Crippen LogP contribution in [0.5, 0.6) is 5.75 Å². The van der Waals surface area contributed by atoms with Gasteiger partial charge in [-0.25, -0.2) is 0 Å².